The second-order valence-electron chi connectivity index (χ2n) is 4.97. The van der Waals surface area contributed by atoms with Crippen LogP contribution in [-0.2, 0) is 24.1 Å². The quantitative estimate of drug-likeness (QED) is 0.843. The minimum atomic E-state index is 0.456. The predicted molar refractivity (Wildman–Crippen MR) is 66.1 cm³/mol. The topological polar surface area (TPSA) is 39.1 Å². The number of fused-ring (bicyclic) bond motifs is 1. The molecule has 0 spiro atoms. The van der Waals surface area contributed by atoms with Crippen molar-refractivity contribution in [1.29, 1.82) is 0 Å². The number of hydrogen-bond donors (Lipinski definition) is 1. The molecule has 0 bridgehead atoms. The Morgan fingerprint density at radius 2 is 2.47 bits per heavy atom. The van der Waals surface area contributed by atoms with Crippen LogP contribution in [0.5, 0.6) is 0 Å². The van der Waals surface area contributed by atoms with E-state index in [1.807, 2.05) is 0 Å². The number of nitrogens with one attached hydrogen (secondary N) is 1. The highest BCUT2D eigenvalue weighted by molar-refractivity contribution is 5.29. The molecule has 94 valence electrons. The van der Waals surface area contributed by atoms with Gasteiger partial charge in [-0.3, -0.25) is 4.68 Å². The number of aromatic nitrogens is 2. The highest BCUT2D eigenvalue weighted by Crippen LogP contribution is 2.26. The summed E-state index contributed by atoms with van der Waals surface area (Å²) in [4.78, 5) is 0. The van der Waals surface area contributed by atoms with Gasteiger partial charge in [0.05, 0.1) is 24.0 Å². The normalized spacial score (nSPS) is 24.6. The Morgan fingerprint density at radius 3 is 3.24 bits per heavy atom. The molecule has 17 heavy (non-hydrogen) atoms. The van der Waals surface area contributed by atoms with E-state index < -0.39 is 0 Å². The summed E-state index contributed by atoms with van der Waals surface area (Å²) < 4.78 is 7.84. The third kappa shape index (κ3) is 2.00. The predicted octanol–water partition coefficient (Wildman–Crippen LogP) is 1.44. The molecule has 1 unspecified atom stereocenters. The van der Waals surface area contributed by atoms with Crippen LogP contribution in [0.15, 0.2) is 0 Å². The van der Waals surface area contributed by atoms with E-state index in [9.17, 15) is 0 Å². The average molecular weight is 235 g/mol. The molecule has 0 aliphatic carbocycles. The summed E-state index contributed by atoms with van der Waals surface area (Å²) in [6, 6.07) is 0.456. The first kappa shape index (κ1) is 11.2. The maximum Gasteiger partial charge on any atom is 0.0757 e. The van der Waals surface area contributed by atoms with Crippen molar-refractivity contribution in [2.45, 2.75) is 45.2 Å². The Kier molecular flexibility index (Phi) is 3.16. The van der Waals surface area contributed by atoms with Crippen molar-refractivity contribution in [3.8, 4) is 0 Å². The molecule has 0 saturated carbocycles. The first-order chi connectivity index (χ1) is 8.40. The van der Waals surface area contributed by atoms with Gasteiger partial charge in [0.15, 0.2) is 0 Å². The molecule has 4 nitrogen and oxygen atoms in total. The highest BCUT2D eigenvalue weighted by atomic mass is 16.5. The smallest absolute Gasteiger partial charge is 0.0757 e. The standard InChI is InChI=1S/C13H21N3O/c1-2-12-11-5-6-14-8-13(11)16(15-12)10-4-3-7-17-9-10/h10,14H,2-9H2,1H3. The molecule has 1 fully saturated rings. The minimum absolute atomic E-state index is 0.456. The Morgan fingerprint density at radius 1 is 1.53 bits per heavy atom. The fraction of sp³-hybridized carbons (Fsp3) is 0.769. The van der Waals surface area contributed by atoms with Gasteiger partial charge in [0.2, 0.25) is 0 Å². The van der Waals surface area contributed by atoms with Crippen molar-refractivity contribution < 1.29 is 4.74 Å². The van der Waals surface area contributed by atoms with Crippen LogP contribution < -0.4 is 5.32 Å². The lowest BCUT2D eigenvalue weighted by molar-refractivity contribution is 0.0535. The molecule has 1 N–H and O–H groups in total. The van der Waals surface area contributed by atoms with Gasteiger partial charge in [0.25, 0.3) is 0 Å². The zero-order valence-corrected chi connectivity index (χ0v) is 10.5. The summed E-state index contributed by atoms with van der Waals surface area (Å²) in [6.07, 6.45) is 4.54. The lowest BCUT2D eigenvalue weighted by Crippen LogP contribution is -2.29. The molecule has 4 heteroatoms. The van der Waals surface area contributed by atoms with Gasteiger partial charge in [-0.15, -0.1) is 0 Å². The van der Waals surface area contributed by atoms with E-state index in [1.165, 1.54) is 23.4 Å². The molecule has 3 heterocycles. The van der Waals surface area contributed by atoms with Crippen molar-refractivity contribution in [2.75, 3.05) is 19.8 Å². The summed E-state index contributed by atoms with van der Waals surface area (Å²) in [5, 5.41) is 8.29. The molecule has 3 rings (SSSR count). The second-order valence-corrected chi connectivity index (χ2v) is 4.97. The molecule has 2 aliphatic heterocycles. The summed E-state index contributed by atoms with van der Waals surface area (Å²) in [5.41, 5.74) is 4.20. The maximum atomic E-state index is 5.59. The number of ether oxygens (including phenoxy) is 1. The summed E-state index contributed by atoms with van der Waals surface area (Å²) in [6.45, 7) is 6.01. The molecule has 1 saturated heterocycles. The number of nitrogens with zero attached hydrogens (tertiary/aromatic N) is 2. The van der Waals surface area contributed by atoms with Gasteiger partial charge in [-0.05, 0) is 37.8 Å². The first-order valence-corrected chi connectivity index (χ1v) is 6.77. The van der Waals surface area contributed by atoms with E-state index in [0.29, 0.717) is 6.04 Å². The van der Waals surface area contributed by atoms with Crippen LogP contribution in [-0.4, -0.2) is 29.5 Å². The van der Waals surface area contributed by atoms with E-state index in [-0.39, 0.29) is 0 Å². The highest BCUT2D eigenvalue weighted by Gasteiger charge is 2.25. The molecule has 0 aromatic carbocycles. The Hall–Kier alpha value is -0.870. The Labute approximate surface area is 102 Å². The SMILES string of the molecule is CCc1nn(C2CCCOC2)c2c1CCNC2. The molecule has 2 aliphatic rings. The molecule has 1 aromatic rings. The van der Waals surface area contributed by atoms with E-state index in [1.54, 1.807) is 0 Å². The van der Waals surface area contributed by atoms with Gasteiger partial charge in [-0.25, -0.2) is 0 Å². The zero-order valence-electron chi connectivity index (χ0n) is 10.5. The molecular weight excluding hydrogens is 214 g/mol. The molecule has 0 amide bonds. The van der Waals surface area contributed by atoms with Gasteiger partial charge in [-0.2, -0.15) is 5.10 Å². The Balaban J connectivity index is 1.95. The van der Waals surface area contributed by atoms with E-state index in [4.69, 9.17) is 9.84 Å². The van der Waals surface area contributed by atoms with Gasteiger partial charge < -0.3 is 10.1 Å². The van der Waals surface area contributed by atoms with Crippen LogP contribution in [0.3, 0.4) is 0 Å². The van der Waals surface area contributed by atoms with Gasteiger partial charge in [0, 0.05) is 13.2 Å². The molecular formula is C13H21N3O. The number of hydrogen-bond acceptors (Lipinski definition) is 3. The van der Waals surface area contributed by atoms with Crippen molar-refractivity contribution in [2.24, 2.45) is 0 Å². The van der Waals surface area contributed by atoms with Crippen LogP contribution in [0.1, 0.15) is 42.8 Å². The lowest BCUT2D eigenvalue weighted by atomic mass is 10.0. The average Bonchev–Trinajstić information content (AvgIpc) is 2.78. The summed E-state index contributed by atoms with van der Waals surface area (Å²) >= 11 is 0. The van der Waals surface area contributed by atoms with E-state index in [0.717, 1.165) is 45.6 Å². The third-order valence-corrected chi connectivity index (χ3v) is 3.86. The maximum absolute atomic E-state index is 5.59. The number of rotatable bonds is 2. The lowest BCUT2D eigenvalue weighted by Gasteiger charge is -2.25. The molecule has 1 atom stereocenters. The van der Waals surface area contributed by atoms with Crippen LogP contribution in [0.4, 0.5) is 0 Å². The monoisotopic (exact) mass is 235 g/mol. The van der Waals surface area contributed by atoms with Crippen molar-refractivity contribution in [3.63, 3.8) is 0 Å². The van der Waals surface area contributed by atoms with E-state index in [2.05, 4.69) is 16.9 Å². The van der Waals surface area contributed by atoms with Gasteiger partial charge in [-0.1, -0.05) is 6.92 Å². The van der Waals surface area contributed by atoms with Crippen molar-refractivity contribution in [1.82, 2.24) is 15.1 Å². The van der Waals surface area contributed by atoms with Crippen molar-refractivity contribution in [3.05, 3.63) is 17.0 Å². The van der Waals surface area contributed by atoms with Gasteiger partial charge in [0.1, 0.15) is 0 Å². The van der Waals surface area contributed by atoms with Crippen LogP contribution >= 0.6 is 0 Å². The number of aryl methyl sites for hydroxylation is 1. The fourth-order valence-electron chi connectivity index (χ4n) is 2.95. The summed E-state index contributed by atoms with van der Waals surface area (Å²) in [5.74, 6) is 0. The molecule has 1 aromatic heterocycles. The summed E-state index contributed by atoms with van der Waals surface area (Å²) in [7, 11) is 0. The van der Waals surface area contributed by atoms with Crippen LogP contribution in [0.25, 0.3) is 0 Å². The first-order valence-electron chi connectivity index (χ1n) is 6.77. The van der Waals surface area contributed by atoms with Crippen molar-refractivity contribution >= 4 is 0 Å². The van der Waals surface area contributed by atoms with Gasteiger partial charge >= 0.3 is 0 Å². The third-order valence-electron chi connectivity index (χ3n) is 3.86. The zero-order chi connectivity index (χ0) is 11.7. The van der Waals surface area contributed by atoms with E-state index >= 15 is 0 Å². The molecule has 0 radical (unpaired) electrons. The second kappa shape index (κ2) is 4.78. The van der Waals surface area contributed by atoms with Crippen LogP contribution in [0, 0.1) is 0 Å². The minimum Gasteiger partial charge on any atom is -0.379 e. The Bertz CT molecular complexity index is 394. The largest absolute Gasteiger partial charge is 0.379 e. The van der Waals surface area contributed by atoms with Crippen LogP contribution in [0.2, 0.25) is 0 Å². The fourth-order valence-corrected chi connectivity index (χ4v) is 2.95.